The summed E-state index contributed by atoms with van der Waals surface area (Å²) in [6.45, 7) is 3.24. The Kier molecular flexibility index (Phi) is 3.20. The van der Waals surface area contributed by atoms with Gasteiger partial charge in [-0.3, -0.25) is 14.9 Å². The van der Waals surface area contributed by atoms with Crippen molar-refractivity contribution in [2.24, 2.45) is 11.8 Å². The fraction of sp³-hybridized carbons (Fsp3) is 0.533. The maximum atomic E-state index is 11.4. The fourth-order valence-corrected chi connectivity index (χ4v) is 3.59. The van der Waals surface area contributed by atoms with Crippen molar-refractivity contribution in [2.45, 2.75) is 26.2 Å². The van der Waals surface area contributed by atoms with Crippen molar-refractivity contribution in [1.29, 1.82) is 0 Å². The lowest BCUT2D eigenvalue weighted by Crippen LogP contribution is -2.21. The molecule has 1 aliphatic heterocycles. The van der Waals surface area contributed by atoms with E-state index in [-0.39, 0.29) is 16.4 Å². The third-order valence-corrected chi connectivity index (χ3v) is 4.65. The summed E-state index contributed by atoms with van der Waals surface area (Å²) in [7, 11) is 0. The molecule has 2 unspecified atom stereocenters. The van der Waals surface area contributed by atoms with Crippen LogP contribution in [0.5, 0.6) is 0 Å². The van der Waals surface area contributed by atoms with E-state index in [1.165, 1.54) is 32.3 Å². The van der Waals surface area contributed by atoms with Gasteiger partial charge < -0.3 is 4.90 Å². The van der Waals surface area contributed by atoms with Gasteiger partial charge in [0, 0.05) is 24.7 Å². The molecule has 1 saturated carbocycles. The second-order valence-corrected chi connectivity index (χ2v) is 5.87. The van der Waals surface area contributed by atoms with Crippen LogP contribution in [-0.2, 0) is 0 Å². The van der Waals surface area contributed by atoms with Gasteiger partial charge in [-0.2, -0.15) is 0 Å². The molecule has 5 nitrogen and oxygen atoms in total. The number of ketones is 1. The first-order valence-electron chi connectivity index (χ1n) is 7.10. The topological polar surface area (TPSA) is 63.5 Å². The first-order valence-corrected chi connectivity index (χ1v) is 7.10. The van der Waals surface area contributed by atoms with E-state index in [0.717, 1.165) is 13.1 Å². The van der Waals surface area contributed by atoms with Gasteiger partial charge in [-0.05, 0) is 43.7 Å². The Balaban J connectivity index is 1.93. The average molecular weight is 274 g/mol. The minimum Gasteiger partial charge on any atom is -0.365 e. The van der Waals surface area contributed by atoms with E-state index >= 15 is 0 Å². The Morgan fingerprint density at radius 2 is 1.95 bits per heavy atom. The van der Waals surface area contributed by atoms with Gasteiger partial charge in [-0.15, -0.1) is 0 Å². The second kappa shape index (κ2) is 4.89. The normalized spacial score (nSPS) is 24.8. The van der Waals surface area contributed by atoms with E-state index in [2.05, 4.69) is 4.90 Å². The van der Waals surface area contributed by atoms with Crippen LogP contribution in [0.15, 0.2) is 18.2 Å². The van der Waals surface area contributed by atoms with Gasteiger partial charge in [0.05, 0.1) is 4.92 Å². The summed E-state index contributed by atoms with van der Waals surface area (Å²) in [6, 6.07) is 4.83. The Bertz CT molecular complexity index is 558. The van der Waals surface area contributed by atoms with Crippen LogP contribution >= 0.6 is 0 Å². The summed E-state index contributed by atoms with van der Waals surface area (Å²) in [5, 5.41) is 11.3. The number of hydrogen-bond donors (Lipinski definition) is 0. The van der Waals surface area contributed by atoms with Gasteiger partial charge in [-0.25, -0.2) is 0 Å². The third kappa shape index (κ3) is 2.17. The smallest absolute Gasteiger partial charge is 0.293 e. The van der Waals surface area contributed by atoms with Crippen molar-refractivity contribution in [3.05, 3.63) is 33.9 Å². The van der Waals surface area contributed by atoms with Crippen molar-refractivity contribution >= 4 is 17.2 Å². The van der Waals surface area contributed by atoms with Gasteiger partial charge in [0.25, 0.3) is 5.69 Å². The van der Waals surface area contributed by atoms with Crippen LogP contribution in [0.3, 0.4) is 0 Å². The maximum Gasteiger partial charge on any atom is 0.293 e. The number of fused-ring (bicyclic) bond motifs is 1. The Hall–Kier alpha value is -1.91. The highest BCUT2D eigenvalue weighted by atomic mass is 16.6. The number of benzene rings is 1. The highest BCUT2D eigenvalue weighted by Crippen LogP contribution is 2.41. The number of nitrogens with zero attached hydrogens (tertiary/aromatic N) is 2. The summed E-state index contributed by atoms with van der Waals surface area (Å²) >= 11 is 0. The molecule has 0 amide bonds. The number of anilines is 1. The van der Waals surface area contributed by atoms with Crippen LogP contribution in [0, 0.1) is 22.0 Å². The minimum atomic E-state index is -0.379. The number of Topliss-reactive ketones (excluding diaryl/α,β-unsaturated/α-hetero) is 1. The van der Waals surface area contributed by atoms with E-state index in [1.807, 2.05) is 0 Å². The summed E-state index contributed by atoms with van der Waals surface area (Å²) in [4.78, 5) is 24.4. The van der Waals surface area contributed by atoms with Crippen LogP contribution in [0.1, 0.15) is 36.5 Å². The quantitative estimate of drug-likeness (QED) is 0.483. The van der Waals surface area contributed by atoms with Gasteiger partial charge >= 0.3 is 0 Å². The molecule has 2 aliphatic rings. The third-order valence-electron chi connectivity index (χ3n) is 4.65. The zero-order chi connectivity index (χ0) is 14.3. The number of rotatable bonds is 3. The molecule has 20 heavy (non-hydrogen) atoms. The highest BCUT2D eigenvalue weighted by Gasteiger charge is 2.38. The Labute approximate surface area is 117 Å². The lowest BCUT2D eigenvalue weighted by molar-refractivity contribution is -0.384. The molecule has 0 bridgehead atoms. The fourth-order valence-electron chi connectivity index (χ4n) is 3.59. The monoisotopic (exact) mass is 274 g/mol. The lowest BCUT2D eigenvalue weighted by Gasteiger charge is -2.19. The van der Waals surface area contributed by atoms with Crippen molar-refractivity contribution < 1.29 is 9.72 Å². The van der Waals surface area contributed by atoms with Crippen LogP contribution in [-0.4, -0.2) is 23.8 Å². The van der Waals surface area contributed by atoms with Crippen LogP contribution in [0.4, 0.5) is 11.4 Å². The standard InChI is InChI=1S/C15H18N2O3/c1-10(18)11-5-6-14(15(7-11)17(19)20)16-8-12-3-2-4-13(12)9-16/h5-7,12-13H,2-4,8-9H2,1H3. The molecule has 1 heterocycles. The van der Waals surface area contributed by atoms with Crippen molar-refractivity contribution in [1.82, 2.24) is 0 Å². The second-order valence-electron chi connectivity index (χ2n) is 5.87. The van der Waals surface area contributed by atoms with Crippen LogP contribution < -0.4 is 4.90 Å². The van der Waals surface area contributed by atoms with E-state index in [0.29, 0.717) is 23.1 Å². The molecule has 2 fully saturated rings. The molecule has 5 heteroatoms. The number of carbonyl (C=O) groups is 1. The van der Waals surface area contributed by atoms with E-state index in [4.69, 9.17) is 0 Å². The number of nitro benzene ring substituents is 1. The number of nitro groups is 1. The SMILES string of the molecule is CC(=O)c1ccc(N2CC3CCCC3C2)c([N+](=O)[O-])c1. The molecule has 0 radical (unpaired) electrons. The first-order chi connectivity index (χ1) is 9.56. The number of hydrogen-bond acceptors (Lipinski definition) is 4. The molecule has 106 valence electrons. The lowest BCUT2D eigenvalue weighted by atomic mass is 10.0. The largest absolute Gasteiger partial charge is 0.365 e. The summed E-state index contributed by atoms with van der Waals surface area (Å²) in [6.07, 6.45) is 3.76. The molecule has 3 rings (SSSR count). The van der Waals surface area contributed by atoms with E-state index < -0.39 is 0 Å². The summed E-state index contributed by atoms with van der Waals surface area (Å²) in [5.41, 5.74) is 1.12. The molecule has 0 N–H and O–H groups in total. The van der Waals surface area contributed by atoms with Crippen LogP contribution in [0.25, 0.3) is 0 Å². The molecular weight excluding hydrogens is 256 g/mol. The highest BCUT2D eigenvalue weighted by molar-refractivity contribution is 5.95. The first kappa shape index (κ1) is 13.1. The summed E-state index contributed by atoms with van der Waals surface area (Å²) < 4.78 is 0. The van der Waals surface area contributed by atoms with Gasteiger partial charge in [0.2, 0.25) is 0 Å². The molecule has 0 aromatic heterocycles. The molecule has 0 spiro atoms. The zero-order valence-electron chi connectivity index (χ0n) is 11.5. The van der Waals surface area contributed by atoms with E-state index in [9.17, 15) is 14.9 Å². The van der Waals surface area contributed by atoms with Crippen molar-refractivity contribution in [3.63, 3.8) is 0 Å². The van der Waals surface area contributed by atoms with Gasteiger partial charge in [0.1, 0.15) is 5.69 Å². The van der Waals surface area contributed by atoms with Crippen LogP contribution in [0.2, 0.25) is 0 Å². The molecule has 1 aliphatic carbocycles. The Morgan fingerprint density at radius 3 is 2.50 bits per heavy atom. The van der Waals surface area contributed by atoms with Gasteiger partial charge in [-0.1, -0.05) is 6.42 Å². The molecular formula is C15H18N2O3. The predicted molar refractivity (Wildman–Crippen MR) is 76.1 cm³/mol. The van der Waals surface area contributed by atoms with E-state index in [1.54, 1.807) is 12.1 Å². The van der Waals surface area contributed by atoms with Crippen molar-refractivity contribution in [2.75, 3.05) is 18.0 Å². The molecule has 1 aromatic carbocycles. The summed E-state index contributed by atoms with van der Waals surface area (Å²) in [5.74, 6) is 1.22. The number of carbonyl (C=O) groups excluding carboxylic acids is 1. The maximum absolute atomic E-state index is 11.4. The van der Waals surface area contributed by atoms with Gasteiger partial charge in [0.15, 0.2) is 5.78 Å². The predicted octanol–water partition coefficient (Wildman–Crippen LogP) is 3.03. The molecule has 1 aromatic rings. The Morgan fingerprint density at radius 1 is 1.30 bits per heavy atom. The average Bonchev–Trinajstić information content (AvgIpc) is 2.98. The minimum absolute atomic E-state index is 0.0534. The van der Waals surface area contributed by atoms with Crippen molar-refractivity contribution in [3.8, 4) is 0 Å². The zero-order valence-corrected chi connectivity index (χ0v) is 11.5. The molecule has 2 atom stereocenters. The molecule has 1 saturated heterocycles.